The summed E-state index contributed by atoms with van der Waals surface area (Å²) in [5.41, 5.74) is 3.65. The molecule has 0 bridgehead atoms. The van der Waals surface area contributed by atoms with Crippen molar-refractivity contribution in [2.24, 2.45) is 5.84 Å². The SMILES string of the molecule is CCCCCC(C)Nc1nc(CCC)nc(NN)c1C. The van der Waals surface area contributed by atoms with Crippen LogP contribution in [0.2, 0.25) is 0 Å². The molecule has 0 saturated carbocycles. The minimum atomic E-state index is 0.412. The van der Waals surface area contributed by atoms with E-state index in [0.29, 0.717) is 11.9 Å². The molecule has 1 aromatic rings. The number of nitrogens with one attached hydrogen (secondary N) is 2. The molecule has 1 rings (SSSR count). The molecule has 1 heterocycles. The van der Waals surface area contributed by atoms with E-state index in [0.717, 1.165) is 36.5 Å². The lowest BCUT2D eigenvalue weighted by molar-refractivity contribution is 0.613. The van der Waals surface area contributed by atoms with E-state index in [4.69, 9.17) is 5.84 Å². The average molecular weight is 279 g/mol. The highest BCUT2D eigenvalue weighted by Crippen LogP contribution is 2.21. The van der Waals surface area contributed by atoms with E-state index < -0.39 is 0 Å². The van der Waals surface area contributed by atoms with Gasteiger partial charge >= 0.3 is 0 Å². The third kappa shape index (κ3) is 4.96. The Hall–Kier alpha value is -1.36. The minimum Gasteiger partial charge on any atom is -0.367 e. The first-order valence-electron chi connectivity index (χ1n) is 7.73. The highest BCUT2D eigenvalue weighted by atomic mass is 15.3. The maximum Gasteiger partial charge on any atom is 0.148 e. The van der Waals surface area contributed by atoms with E-state index in [2.05, 4.69) is 41.5 Å². The van der Waals surface area contributed by atoms with Crippen molar-refractivity contribution in [2.45, 2.75) is 72.3 Å². The molecule has 4 N–H and O–H groups in total. The van der Waals surface area contributed by atoms with Gasteiger partial charge in [0.15, 0.2) is 0 Å². The van der Waals surface area contributed by atoms with Crippen LogP contribution in [0, 0.1) is 6.92 Å². The van der Waals surface area contributed by atoms with Gasteiger partial charge in [0.2, 0.25) is 0 Å². The van der Waals surface area contributed by atoms with E-state index in [1.54, 1.807) is 0 Å². The van der Waals surface area contributed by atoms with Gasteiger partial charge in [0, 0.05) is 18.0 Å². The number of unbranched alkanes of at least 4 members (excludes halogenated alkanes) is 2. The third-order valence-corrected chi connectivity index (χ3v) is 3.43. The number of rotatable bonds is 9. The van der Waals surface area contributed by atoms with E-state index >= 15 is 0 Å². The minimum absolute atomic E-state index is 0.412. The van der Waals surface area contributed by atoms with Gasteiger partial charge in [-0.15, -0.1) is 0 Å². The summed E-state index contributed by atoms with van der Waals surface area (Å²) in [5, 5.41) is 3.50. The lowest BCUT2D eigenvalue weighted by Crippen LogP contribution is -2.20. The number of nitrogen functional groups attached to an aromatic ring is 1. The van der Waals surface area contributed by atoms with Crippen LogP contribution in [0.4, 0.5) is 11.6 Å². The molecule has 0 radical (unpaired) electrons. The van der Waals surface area contributed by atoms with Crippen LogP contribution in [-0.4, -0.2) is 16.0 Å². The van der Waals surface area contributed by atoms with Gasteiger partial charge < -0.3 is 10.7 Å². The molecule has 5 nitrogen and oxygen atoms in total. The van der Waals surface area contributed by atoms with Gasteiger partial charge in [-0.25, -0.2) is 15.8 Å². The summed E-state index contributed by atoms with van der Waals surface area (Å²) in [6.45, 7) is 8.54. The van der Waals surface area contributed by atoms with Crippen LogP contribution in [-0.2, 0) is 6.42 Å². The Morgan fingerprint density at radius 1 is 1.10 bits per heavy atom. The molecule has 20 heavy (non-hydrogen) atoms. The maximum atomic E-state index is 5.55. The van der Waals surface area contributed by atoms with Crippen molar-refractivity contribution in [2.75, 3.05) is 10.7 Å². The number of hydrogen-bond donors (Lipinski definition) is 3. The van der Waals surface area contributed by atoms with Gasteiger partial charge in [-0.05, 0) is 26.7 Å². The first-order valence-corrected chi connectivity index (χ1v) is 7.73. The molecular formula is C15H29N5. The molecule has 0 amide bonds. The Morgan fingerprint density at radius 2 is 1.80 bits per heavy atom. The fourth-order valence-electron chi connectivity index (χ4n) is 2.19. The summed E-state index contributed by atoms with van der Waals surface area (Å²) < 4.78 is 0. The Balaban J connectivity index is 2.78. The van der Waals surface area contributed by atoms with Crippen molar-refractivity contribution in [3.05, 3.63) is 11.4 Å². The topological polar surface area (TPSA) is 75.9 Å². The Bertz CT molecular complexity index is 405. The van der Waals surface area contributed by atoms with Gasteiger partial charge in [-0.2, -0.15) is 0 Å². The first-order chi connectivity index (χ1) is 9.62. The summed E-state index contributed by atoms with van der Waals surface area (Å²) in [5.74, 6) is 8.01. The molecule has 0 aromatic carbocycles. The molecular weight excluding hydrogens is 250 g/mol. The predicted molar refractivity (Wildman–Crippen MR) is 85.8 cm³/mol. The molecule has 0 fully saturated rings. The largest absolute Gasteiger partial charge is 0.367 e. The second kappa shape index (κ2) is 8.74. The lowest BCUT2D eigenvalue weighted by Gasteiger charge is -2.18. The van der Waals surface area contributed by atoms with Crippen LogP contribution in [0.1, 0.15) is 64.3 Å². The fraction of sp³-hybridized carbons (Fsp3) is 0.733. The summed E-state index contributed by atoms with van der Waals surface area (Å²) in [4.78, 5) is 9.06. The Kier molecular flexibility index (Phi) is 7.30. The number of aryl methyl sites for hydroxylation is 1. The number of hydrazine groups is 1. The summed E-state index contributed by atoms with van der Waals surface area (Å²) in [6.07, 6.45) is 6.84. The number of nitrogens with two attached hydrogens (primary N) is 1. The van der Waals surface area contributed by atoms with Gasteiger partial charge in [0.1, 0.15) is 17.5 Å². The van der Waals surface area contributed by atoms with Gasteiger partial charge in [0.05, 0.1) is 0 Å². The zero-order chi connectivity index (χ0) is 15.0. The van der Waals surface area contributed by atoms with Crippen molar-refractivity contribution in [1.82, 2.24) is 9.97 Å². The second-order valence-corrected chi connectivity index (χ2v) is 5.40. The molecule has 0 aliphatic carbocycles. The number of hydrogen-bond acceptors (Lipinski definition) is 5. The predicted octanol–water partition coefficient (Wildman–Crippen LogP) is 3.40. The molecule has 114 valence electrons. The molecule has 0 saturated heterocycles. The van der Waals surface area contributed by atoms with Crippen LogP contribution in [0.25, 0.3) is 0 Å². The van der Waals surface area contributed by atoms with Crippen molar-refractivity contribution in [3.8, 4) is 0 Å². The Labute approximate surface area is 122 Å². The molecule has 1 atom stereocenters. The Morgan fingerprint density at radius 3 is 2.40 bits per heavy atom. The number of anilines is 2. The summed E-state index contributed by atoms with van der Waals surface area (Å²) >= 11 is 0. The highest BCUT2D eigenvalue weighted by molar-refractivity contribution is 5.57. The molecule has 0 spiro atoms. The monoisotopic (exact) mass is 279 g/mol. The quantitative estimate of drug-likeness (QED) is 0.367. The highest BCUT2D eigenvalue weighted by Gasteiger charge is 2.12. The van der Waals surface area contributed by atoms with Gasteiger partial charge in [-0.3, -0.25) is 0 Å². The standard InChI is InChI=1S/C15H29N5/c1-5-7-8-10-11(3)17-14-12(4)15(20-16)19-13(18-14)9-6-2/h11H,5-10,16H2,1-4H3,(H2,17,18,19,20). The molecule has 0 aliphatic rings. The summed E-state index contributed by atoms with van der Waals surface area (Å²) in [6, 6.07) is 0.412. The van der Waals surface area contributed by atoms with E-state index in [9.17, 15) is 0 Å². The lowest BCUT2D eigenvalue weighted by atomic mass is 10.1. The van der Waals surface area contributed by atoms with Crippen molar-refractivity contribution >= 4 is 11.6 Å². The molecule has 5 heteroatoms. The van der Waals surface area contributed by atoms with Gasteiger partial charge in [-0.1, -0.05) is 33.1 Å². The molecule has 0 aliphatic heterocycles. The maximum absolute atomic E-state index is 5.55. The second-order valence-electron chi connectivity index (χ2n) is 5.40. The zero-order valence-corrected chi connectivity index (χ0v) is 13.3. The van der Waals surface area contributed by atoms with Crippen molar-refractivity contribution in [3.63, 3.8) is 0 Å². The van der Waals surface area contributed by atoms with E-state index in [-0.39, 0.29) is 0 Å². The van der Waals surface area contributed by atoms with E-state index in [1.807, 2.05) is 6.92 Å². The van der Waals surface area contributed by atoms with Crippen LogP contribution >= 0.6 is 0 Å². The number of aromatic nitrogens is 2. The van der Waals surface area contributed by atoms with Crippen molar-refractivity contribution in [1.29, 1.82) is 0 Å². The summed E-state index contributed by atoms with van der Waals surface area (Å²) in [7, 11) is 0. The van der Waals surface area contributed by atoms with E-state index in [1.165, 1.54) is 19.3 Å². The third-order valence-electron chi connectivity index (χ3n) is 3.43. The van der Waals surface area contributed by atoms with Crippen LogP contribution in [0.3, 0.4) is 0 Å². The van der Waals surface area contributed by atoms with Crippen molar-refractivity contribution < 1.29 is 0 Å². The van der Waals surface area contributed by atoms with Gasteiger partial charge in [0.25, 0.3) is 0 Å². The number of nitrogens with zero attached hydrogens (tertiary/aromatic N) is 2. The molecule has 1 aromatic heterocycles. The first kappa shape index (κ1) is 16.7. The fourth-order valence-corrected chi connectivity index (χ4v) is 2.19. The molecule has 1 unspecified atom stereocenters. The van der Waals surface area contributed by atoms with Crippen LogP contribution in [0.15, 0.2) is 0 Å². The normalized spacial score (nSPS) is 12.2. The zero-order valence-electron chi connectivity index (χ0n) is 13.3. The van der Waals surface area contributed by atoms with Crippen LogP contribution < -0.4 is 16.6 Å². The van der Waals surface area contributed by atoms with Crippen LogP contribution in [0.5, 0.6) is 0 Å². The average Bonchev–Trinajstić information content (AvgIpc) is 2.42. The smallest absolute Gasteiger partial charge is 0.148 e.